The third-order valence-electron chi connectivity index (χ3n) is 1.57. The summed E-state index contributed by atoms with van der Waals surface area (Å²) in [6.07, 6.45) is -4.87. The molecular formula is C6H7F3N2O2. The average Bonchev–Trinajstić information content (AvgIpc) is 2.50. The Labute approximate surface area is 71.7 Å². The van der Waals surface area contributed by atoms with E-state index in [0.29, 0.717) is 0 Å². The number of ether oxygens (including phenoxy) is 1. The quantitative estimate of drug-likeness (QED) is 0.619. The van der Waals surface area contributed by atoms with E-state index in [1.165, 1.54) is 0 Å². The lowest BCUT2D eigenvalue weighted by Gasteiger charge is -2.12. The van der Waals surface area contributed by atoms with Crippen molar-refractivity contribution in [2.24, 2.45) is 5.10 Å². The fourth-order valence-corrected chi connectivity index (χ4v) is 0.876. The van der Waals surface area contributed by atoms with Crippen LogP contribution in [0.2, 0.25) is 0 Å². The van der Waals surface area contributed by atoms with Crippen molar-refractivity contribution in [3.63, 3.8) is 0 Å². The molecule has 4 nitrogen and oxygen atoms in total. The van der Waals surface area contributed by atoms with Crippen LogP contribution in [0.3, 0.4) is 0 Å². The standard InChI is InChI=1S/C6H7F3N2O2/c1-13-5(12)3-2-4(11-10-3)6(7,8)9/h4,11H,2H2,1H3/t4-/m1/s1. The zero-order valence-corrected chi connectivity index (χ0v) is 6.68. The van der Waals surface area contributed by atoms with E-state index >= 15 is 0 Å². The number of halogens is 3. The predicted octanol–water partition coefficient (Wildman–Crippen LogP) is 0.440. The number of hydrogen-bond acceptors (Lipinski definition) is 4. The molecule has 1 heterocycles. The number of nitrogens with one attached hydrogen (secondary N) is 1. The zero-order valence-electron chi connectivity index (χ0n) is 6.68. The van der Waals surface area contributed by atoms with Gasteiger partial charge in [-0.25, -0.2) is 4.79 Å². The summed E-state index contributed by atoms with van der Waals surface area (Å²) >= 11 is 0. The molecule has 0 aromatic rings. The zero-order chi connectivity index (χ0) is 10.1. The molecule has 0 aromatic carbocycles. The first-order chi connectivity index (χ1) is 5.95. The summed E-state index contributed by atoms with van der Waals surface area (Å²) < 4.78 is 40.3. The Hall–Kier alpha value is -1.27. The highest BCUT2D eigenvalue weighted by molar-refractivity contribution is 6.36. The van der Waals surface area contributed by atoms with E-state index in [1.807, 2.05) is 5.43 Å². The third kappa shape index (κ3) is 2.10. The Balaban J connectivity index is 2.57. The third-order valence-corrected chi connectivity index (χ3v) is 1.57. The molecule has 1 N–H and O–H groups in total. The summed E-state index contributed by atoms with van der Waals surface area (Å²) in [7, 11) is 1.09. The van der Waals surface area contributed by atoms with Crippen LogP contribution >= 0.6 is 0 Å². The van der Waals surface area contributed by atoms with E-state index in [-0.39, 0.29) is 5.71 Å². The van der Waals surface area contributed by atoms with Gasteiger partial charge in [-0.05, 0) is 0 Å². The van der Waals surface area contributed by atoms with Gasteiger partial charge in [-0.2, -0.15) is 18.3 Å². The lowest BCUT2D eigenvalue weighted by Crippen LogP contribution is -2.36. The van der Waals surface area contributed by atoms with Gasteiger partial charge in [0.1, 0.15) is 11.8 Å². The Kier molecular flexibility index (Phi) is 2.44. The minimum Gasteiger partial charge on any atom is -0.464 e. The largest absolute Gasteiger partial charge is 0.464 e. The molecule has 1 atom stereocenters. The highest BCUT2D eigenvalue weighted by atomic mass is 19.4. The van der Waals surface area contributed by atoms with Gasteiger partial charge in [-0.3, -0.25) is 5.43 Å². The predicted molar refractivity (Wildman–Crippen MR) is 37.0 cm³/mol. The number of hydrogen-bond donors (Lipinski definition) is 1. The number of nitrogens with zero attached hydrogens (tertiary/aromatic N) is 1. The van der Waals surface area contributed by atoms with E-state index < -0.39 is 24.6 Å². The molecule has 0 saturated carbocycles. The van der Waals surface area contributed by atoms with Crippen molar-refractivity contribution in [3.8, 4) is 0 Å². The van der Waals surface area contributed by atoms with Crippen LogP contribution < -0.4 is 5.43 Å². The van der Waals surface area contributed by atoms with E-state index in [0.717, 1.165) is 7.11 Å². The van der Waals surface area contributed by atoms with Crippen LogP contribution in [-0.4, -0.2) is 31.0 Å². The van der Waals surface area contributed by atoms with Crippen molar-refractivity contribution in [1.29, 1.82) is 0 Å². The molecule has 0 unspecified atom stereocenters. The van der Waals surface area contributed by atoms with Gasteiger partial charge in [-0.1, -0.05) is 0 Å². The second-order valence-electron chi connectivity index (χ2n) is 2.48. The van der Waals surface area contributed by atoms with E-state index in [9.17, 15) is 18.0 Å². The Bertz CT molecular complexity index is 249. The number of hydrazone groups is 1. The summed E-state index contributed by atoms with van der Waals surface area (Å²) in [6, 6.07) is -1.78. The van der Waals surface area contributed by atoms with Gasteiger partial charge >= 0.3 is 12.1 Å². The fraction of sp³-hybridized carbons (Fsp3) is 0.667. The van der Waals surface area contributed by atoms with Crippen molar-refractivity contribution in [2.75, 3.05) is 7.11 Å². The Morgan fingerprint density at radius 3 is 2.69 bits per heavy atom. The maximum absolute atomic E-state index is 12.0. The molecule has 1 rings (SSSR count). The van der Waals surface area contributed by atoms with Crippen LogP contribution in [0.1, 0.15) is 6.42 Å². The molecule has 7 heteroatoms. The first-order valence-corrected chi connectivity index (χ1v) is 3.42. The first-order valence-electron chi connectivity index (χ1n) is 3.42. The molecule has 0 amide bonds. The molecule has 0 aliphatic carbocycles. The van der Waals surface area contributed by atoms with Gasteiger partial charge in [0.25, 0.3) is 0 Å². The number of esters is 1. The Morgan fingerprint density at radius 1 is 1.69 bits per heavy atom. The number of carbonyl (C=O) groups excluding carboxylic acids is 1. The van der Waals surface area contributed by atoms with Gasteiger partial charge in [0, 0.05) is 6.42 Å². The van der Waals surface area contributed by atoms with Gasteiger partial charge in [-0.15, -0.1) is 0 Å². The van der Waals surface area contributed by atoms with Gasteiger partial charge < -0.3 is 4.74 Å². The number of methoxy groups -OCH3 is 1. The van der Waals surface area contributed by atoms with Crippen molar-refractivity contribution in [3.05, 3.63) is 0 Å². The van der Waals surface area contributed by atoms with Crippen molar-refractivity contribution < 1.29 is 22.7 Å². The smallest absolute Gasteiger partial charge is 0.410 e. The molecule has 13 heavy (non-hydrogen) atoms. The van der Waals surface area contributed by atoms with Gasteiger partial charge in [0.2, 0.25) is 0 Å². The first kappa shape index (κ1) is 9.82. The maximum atomic E-state index is 12.0. The topological polar surface area (TPSA) is 50.7 Å². The van der Waals surface area contributed by atoms with Crippen LogP contribution in [0.25, 0.3) is 0 Å². The van der Waals surface area contributed by atoms with Crippen molar-refractivity contribution in [2.45, 2.75) is 18.6 Å². The molecular weight excluding hydrogens is 189 g/mol. The van der Waals surface area contributed by atoms with Crippen molar-refractivity contribution >= 4 is 11.7 Å². The fourth-order valence-electron chi connectivity index (χ4n) is 0.876. The molecule has 0 spiro atoms. The minimum atomic E-state index is -4.39. The molecule has 0 saturated heterocycles. The highest BCUT2D eigenvalue weighted by Crippen LogP contribution is 2.25. The van der Waals surface area contributed by atoms with Crippen LogP contribution in [0, 0.1) is 0 Å². The summed E-state index contributed by atoms with van der Waals surface area (Å²) in [5.74, 6) is -0.834. The van der Waals surface area contributed by atoms with E-state index in [2.05, 4.69) is 9.84 Å². The molecule has 0 radical (unpaired) electrons. The summed E-state index contributed by atoms with van der Waals surface area (Å²) in [4.78, 5) is 10.7. The maximum Gasteiger partial charge on any atom is 0.410 e. The number of alkyl halides is 3. The van der Waals surface area contributed by atoms with Crippen LogP contribution in [0.5, 0.6) is 0 Å². The lowest BCUT2D eigenvalue weighted by atomic mass is 10.1. The molecule has 74 valence electrons. The average molecular weight is 196 g/mol. The van der Waals surface area contributed by atoms with Crippen LogP contribution in [0.4, 0.5) is 13.2 Å². The monoisotopic (exact) mass is 196 g/mol. The molecule has 1 aliphatic rings. The van der Waals surface area contributed by atoms with Crippen LogP contribution in [-0.2, 0) is 9.53 Å². The Morgan fingerprint density at radius 2 is 2.31 bits per heavy atom. The lowest BCUT2D eigenvalue weighted by molar-refractivity contribution is -0.152. The van der Waals surface area contributed by atoms with Crippen LogP contribution in [0.15, 0.2) is 5.10 Å². The number of rotatable bonds is 1. The SMILES string of the molecule is COC(=O)C1=NN[C@@H](C(F)(F)F)C1. The van der Waals surface area contributed by atoms with Crippen molar-refractivity contribution in [1.82, 2.24) is 5.43 Å². The molecule has 1 aliphatic heterocycles. The molecule has 0 aromatic heterocycles. The van der Waals surface area contributed by atoms with E-state index in [1.54, 1.807) is 0 Å². The molecule has 0 bridgehead atoms. The summed E-state index contributed by atoms with van der Waals surface area (Å²) in [5.41, 5.74) is 1.59. The highest BCUT2D eigenvalue weighted by Gasteiger charge is 2.44. The van der Waals surface area contributed by atoms with Gasteiger partial charge in [0.05, 0.1) is 7.11 Å². The second-order valence-corrected chi connectivity index (χ2v) is 2.48. The normalized spacial score (nSPS) is 22.2. The van der Waals surface area contributed by atoms with Gasteiger partial charge in [0.15, 0.2) is 0 Å². The number of carbonyl (C=O) groups is 1. The second kappa shape index (κ2) is 3.23. The van der Waals surface area contributed by atoms with E-state index in [4.69, 9.17) is 0 Å². The molecule has 0 fully saturated rings. The summed E-state index contributed by atoms with van der Waals surface area (Å²) in [5, 5.41) is 3.23. The summed E-state index contributed by atoms with van der Waals surface area (Å²) in [6.45, 7) is 0. The minimum absolute atomic E-state index is 0.232.